The molecule has 0 heterocycles. The van der Waals surface area contributed by atoms with Gasteiger partial charge in [-0.25, -0.2) is 0 Å². The van der Waals surface area contributed by atoms with E-state index in [9.17, 15) is 18.0 Å². The van der Waals surface area contributed by atoms with Crippen molar-refractivity contribution < 1.29 is 22.7 Å². The van der Waals surface area contributed by atoms with Crippen molar-refractivity contribution in [3.8, 4) is 0 Å². The van der Waals surface area contributed by atoms with E-state index < -0.39 is 25.3 Å². The van der Waals surface area contributed by atoms with Crippen LogP contribution in [0.25, 0.3) is 0 Å². The third-order valence-corrected chi connectivity index (χ3v) is 3.67. The van der Waals surface area contributed by atoms with E-state index in [1.807, 2.05) is 0 Å². The van der Waals surface area contributed by atoms with Crippen LogP contribution in [0.5, 0.6) is 0 Å². The number of halogens is 4. The number of hydrogen-bond donors (Lipinski definition) is 1. The number of ether oxygens (including phenoxy) is 1. The van der Waals surface area contributed by atoms with Crippen LogP contribution < -0.4 is 5.32 Å². The van der Waals surface area contributed by atoms with Crippen LogP contribution in [0.15, 0.2) is 0 Å². The molecule has 1 fully saturated rings. The average Bonchev–Trinajstić information content (AvgIpc) is 2.74. The summed E-state index contributed by atoms with van der Waals surface area (Å²) in [6.07, 6.45) is -0.357. The molecule has 0 aromatic rings. The van der Waals surface area contributed by atoms with Crippen molar-refractivity contribution in [3.63, 3.8) is 0 Å². The molecule has 1 aliphatic carbocycles. The summed E-state index contributed by atoms with van der Waals surface area (Å²) in [4.78, 5) is 11.3. The van der Waals surface area contributed by atoms with Crippen LogP contribution in [-0.2, 0) is 9.53 Å². The van der Waals surface area contributed by atoms with Gasteiger partial charge in [0.2, 0.25) is 5.91 Å². The zero-order valence-corrected chi connectivity index (χ0v) is 10.7. The third kappa shape index (κ3) is 5.44. The molecule has 0 bridgehead atoms. The van der Waals surface area contributed by atoms with E-state index in [1.165, 1.54) is 0 Å². The van der Waals surface area contributed by atoms with Crippen LogP contribution in [0, 0.1) is 5.41 Å². The molecule has 106 valence electrons. The van der Waals surface area contributed by atoms with E-state index in [1.54, 1.807) is 0 Å². The lowest BCUT2D eigenvalue weighted by molar-refractivity contribution is -0.175. The molecular formula is C11H17ClF3NO2. The summed E-state index contributed by atoms with van der Waals surface area (Å²) >= 11 is 5.88. The molecule has 1 amide bonds. The van der Waals surface area contributed by atoms with Gasteiger partial charge in [0.15, 0.2) is 0 Å². The van der Waals surface area contributed by atoms with Gasteiger partial charge in [0.05, 0.1) is 0 Å². The number of nitrogens with one attached hydrogen (secondary N) is 1. The van der Waals surface area contributed by atoms with Crippen molar-refractivity contribution in [1.82, 2.24) is 5.32 Å². The van der Waals surface area contributed by atoms with Crippen molar-refractivity contribution >= 4 is 17.5 Å². The normalized spacial score (nSPS) is 18.9. The molecule has 1 N–H and O–H groups in total. The van der Waals surface area contributed by atoms with Crippen LogP contribution >= 0.6 is 11.6 Å². The smallest absolute Gasteiger partial charge is 0.362 e. The summed E-state index contributed by atoms with van der Waals surface area (Å²) in [5, 5.41) is 2.59. The second kappa shape index (κ2) is 6.61. The Morgan fingerprint density at radius 3 is 2.44 bits per heavy atom. The maximum Gasteiger partial charge on any atom is 0.411 e. The van der Waals surface area contributed by atoms with Gasteiger partial charge in [-0.3, -0.25) is 4.79 Å². The van der Waals surface area contributed by atoms with Crippen LogP contribution in [-0.4, -0.2) is 37.7 Å². The number of amides is 1. The minimum absolute atomic E-state index is 0.0960. The first-order valence-electron chi connectivity index (χ1n) is 5.84. The number of hydrogen-bond acceptors (Lipinski definition) is 2. The van der Waals surface area contributed by atoms with E-state index in [0.717, 1.165) is 25.7 Å². The molecule has 0 aromatic carbocycles. The SMILES string of the molecule is O=C(COCC(F)(F)F)NCC1(CCl)CCCC1. The molecule has 0 saturated heterocycles. The van der Waals surface area contributed by atoms with E-state index in [2.05, 4.69) is 10.1 Å². The van der Waals surface area contributed by atoms with E-state index in [0.29, 0.717) is 12.4 Å². The fourth-order valence-electron chi connectivity index (χ4n) is 2.08. The van der Waals surface area contributed by atoms with Crippen LogP contribution in [0.3, 0.4) is 0 Å². The van der Waals surface area contributed by atoms with E-state index >= 15 is 0 Å². The molecule has 18 heavy (non-hydrogen) atoms. The molecule has 0 radical (unpaired) electrons. The van der Waals surface area contributed by atoms with Gasteiger partial charge >= 0.3 is 6.18 Å². The Bertz CT molecular complexity index is 278. The van der Waals surface area contributed by atoms with Gasteiger partial charge in [-0.1, -0.05) is 12.8 Å². The van der Waals surface area contributed by atoms with Gasteiger partial charge in [-0.2, -0.15) is 13.2 Å². The molecule has 0 spiro atoms. The standard InChI is InChI=1S/C11H17ClF3NO2/c12-6-10(3-1-2-4-10)7-16-9(17)5-18-8-11(13,14)15/h1-8H2,(H,16,17). The topological polar surface area (TPSA) is 38.3 Å². The summed E-state index contributed by atoms with van der Waals surface area (Å²) in [6, 6.07) is 0. The molecule has 7 heteroatoms. The molecule has 1 aliphatic rings. The van der Waals surface area contributed by atoms with Crippen molar-refractivity contribution in [2.24, 2.45) is 5.41 Å². The van der Waals surface area contributed by atoms with Gasteiger partial charge in [0.25, 0.3) is 0 Å². The van der Waals surface area contributed by atoms with E-state index in [4.69, 9.17) is 11.6 Å². The van der Waals surface area contributed by atoms with Crippen LogP contribution in [0.2, 0.25) is 0 Å². The Hall–Kier alpha value is -0.490. The van der Waals surface area contributed by atoms with Crippen molar-refractivity contribution in [2.45, 2.75) is 31.9 Å². The molecule has 3 nitrogen and oxygen atoms in total. The van der Waals surface area contributed by atoms with E-state index in [-0.39, 0.29) is 5.41 Å². The van der Waals surface area contributed by atoms with Crippen molar-refractivity contribution in [2.75, 3.05) is 25.6 Å². The van der Waals surface area contributed by atoms with Gasteiger partial charge in [0, 0.05) is 17.8 Å². The highest BCUT2D eigenvalue weighted by Crippen LogP contribution is 2.38. The fraction of sp³-hybridized carbons (Fsp3) is 0.909. The maximum absolute atomic E-state index is 11.8. The summed E-state index contributed by atoms with van der Waals surface area (Å²) in [5.41, 5.74) is -0.0960. The van der Waals surface area contributed by atoms with Gasteiger partial charge < -0.3 is 10.1 Å². The van der Waals surface area contributed by atoms with Crippen molar-refractivity contribution in [1.29, 1.82) is 0 Å². The number of carbonyl (C=O) groups excluding carboxylic acids is 1. The lowest BCUT2D eigenvalue weighted by Gasteiger charge is -2.26. The summed E-state index contributed by atoms with van der Waals surface area (Å²) in [7, 11) is 0. The molecule has 1 saturated carbocycles. The quantitative estimate of drug-likeness (QED) is 0.762. The third-order valence-electron chi connectivity index (χ3n) is 3.11. The number of rotatable bonds is 6. The zero-order valence-electron chi connectivity index (χ0n) is 9.99. The Morgan fingerprint density at radius 2 is 1.94 bits per heavy atom. The lowest BCUT2D eigenvalue weighted by Crippen LogP contribution is -2.39. The summed E-state index contributed by atoms with van der Waals surface area (Å²) < 4.78 is 39.6. The second-order valence-corrected chi connectivity index (χ2v) is 4.99. The lowest BCUT2D eigenvalue weighted by atomic mass is 9.88. The molecule has 1 rings (SSSR count). The Kier molecular flexibility index (Phi) is 5.72. The predicted octanol–water partition coefficient (Wildman–Crippen LogP) is 2.48. The Morgan fingerprint density at radius 1 is 1.33 bits per heavy atom. The summed E-state index contributed by atoms with van der Waals surface area (Å²) in [5.74, 6) is -0.0768. The molecular weight excluding hydrogens is 271 g/mol. The number of carbonyl (C=O) groups is 1. The minimum atomic E-state index is -4.40. The van der Waals surface area contributed by atoms with Crippen LogP contribution in [0.1, 0.15) is 25.7 Å². The first kappa shape index (κ1) is 15.6. The first-order valence-corrected chi connectivity index (χ1v) is 6.38. The fourth-order valence-corrected chi connectivity index (χ4v) is 2.44. The summed E-state index contributed by atoms with van der Waals surface area (Å²) in [6.45, 7) is -1.57. The first-order chi connectivity index (χ1) is 8.37. The highest BCUT2D eigenvalue weighted by Gasteiger charge is 2.33. The predicted molar refractivity (Wildman–Crippen MR) is 61.5 cm³/mol. The largest absolute Gasteiger partial charge is 0.411 e. The highest BCUT2D eigenvalue weighted by molar-refractivity contribution is 6.18. The van der Waals surface area contributed by atoms with Gasteiger partial charge in [0.1, 0.15) is 13.2 Å². The number of alkyl halides is 4. The molecule has 0 aliphatic heterocycles. The highest BCUT2D eigenvalue weighted by atomic mass is 35.5. The molecule has 0 aromatic heterocycles. The zero-order chi connectivity index (χ0) is 13.6. The van der Waals surface area contributed by atoms with Gasteiger partial charge in [-0.05, 0) is 12.8 Å². The molecule has 0 atom stereocenters. The Labute approximate surface area is 109 Å². The van der Waals surface area contributed by atoms with Gasteiger partial charge in [-0.15, -0.1) is 11.6 Å². The second-order valence-electron chi connectivity index (χ2n) is 4.73. The van der Waals surface area contributed by atoms with Crippen molar-refractivity contribution in [3.05, 3.63) is 0 Å². The minimum Gasteiger partial charge on any atom is -0.362 e. The monoisotopic (exact) mass is 287 g/mol. The maximum atomic E-state index is 11.8. The average molecular weight is 288 g/mol. The van der Waals surface area contributed by atoms with Crippen LogP contribution in [0.4, 0.5) is 13.2 Å². The Balaban J connectivity index is 2.20. The molecule has 0 unspecified atom stereocenters.